The van der Waals surface area contributed by atoms with Crippen molar-refractivity contribution in [3.8, 4) is 0 Å². The van der Waals surface area contributed by atoms with E-state index in [0.29, 0.717) is 0 Å². The highest BCUT2D eigenvalue weighted by Crippen LogP contribution is 1.78. The molecule has 1 rings (SSSR count). The number of amidine groups is 1. The van der Waals surface area contributed by atoms with Gasteiger partial charge in [0.2, 0.25) is 0 Å². The highest BCUT2D eigenvalue weighted by atomic mass is 16.5. The molecule has 1 heterocycles. The SMILES string of the molecule is COC(=O)C1=NC=[N+]N1. The maximum Gasteiger partial charge on any atom is 0.404 e. The molecule has 0 amide bonds. The van der Waals surface area contributed by atoms with Gasteiger partial charge < -0.3 is 4.74 Å². The average Bonchev–Trinajstić information content (AvgIpc) is 2.37. The van der Waals surface area contributed by atoms with Gasteiger partial charge >= 0.3 is 18.1 Å². The lowest BCUT2D eigenvalue weighted by Gasteiger charge is -1.88. The highest BCUT2D eigenvalue weighted by Gasteiger charge is 2.21. The number of carbonyl (C=O) groups is 1. The molecule has 0 fully saturated rings. The predicted octanol–water partition coefficient (Wildman–Crippen LogP) is -1.56. The fraction of sp³-hybridized carbons (Fsp3) is 0.250. The van der Waals surface area contributed by atoms with Crippen LogP contribution in [0.4, 0.5) is 0 Å². The van der Waals surface area contributed by atoms with Crippen LogP contribution in [0.1, 0.15) is 0 Å². The third kappa shape index (κ3) is 1.04. The van der Waals surface area contributed by atoms with Gasteiger partial charge in [-0.25, -0.2) is 4.79 Å². The molecule has 5 nitrogen and oxygen atoms in total. The van der Waals surface area contributed by atoms with Crippen LogP contribution >= 0.6 is 0 Å². The molecule has 1 aliphatic rings. The number of nitrogens with one attached hydrogen (secondary N) is 1. The first kappa shape index (κ1) is 5.74. The van der Waals surface area contributed by atoms with Gasteiger partial charge in [-0.1, -0.05) is 0 Å². The van der Waals surface area contributed by atoms with E-state index in [2.05, 4.69) is 20.3 Å². The number of rotatable bonds is 1. The zero-order valence-electron chi connectivity index (χ0n) is 4.79. The number of hydrogen-bond donors (Lipinski definition) is 1. The smallest absolute Gasteiger partial charge is 0.404 e. The maximum atomic E-state index is 10.5. The molecular weight excluding hydrogens is 122 g/mol. The Bertz CT molecular complexity index is 184. The molecule has 0 saturated carbocycles. The molecular formula is C4H5N3O2+. The van der Waals surface area contributed by atoms with Crippen molar-refractivity contribution in [1.82, 2.24) is 10.5 Å². The second kappa shape index (κ2) is 2.25. The monoisotopic (exact) mass is 127 g/mol. The highest BCUT2D eigenvalue weighted by molar-refractivity contribution is 6.37. The molecule has 1 radical (unpaired) electrons. The zero-order chi connectivity index (χ0) is 6.69. The molecule has 5 heteroatoms. The van der Waals surface area contributed by atoms with Gasteiger partial charge in [0.05, 0.1) is 12.2 Å². The summed E-state index contributed by atoms with van der Waals surface area (Å²) in [6.45, 7) is 0. The Hall–Kier alpha value is -1.39. The van der Waals surface area contributed by atoms with Gasteiger partial charge in [-0.15, -0.1) is 5.43 Å². The van der Waals surface area contributed by atoms with Gasteiger partial charge in [-0.05, 0) is 4.99 Å². The van der Waals surface area contributed by atoms with E-state index in [1.807, 2.05) is 0 Å². The fourth-order valence-corrected chi connectivity index (χ4v) is 0.401. The van der Waals surface area contributed by atoms with Crippen LogP contribution in [0.25, 0.3) is 0 Å². The largest absolute Gasteiger partial charge is 0.461 e. The average molecular weight is 127 g/mol. The summed E-state index contributed by atoms with van der Waals surface area (Å²) >= 11 is 0. The normalized spacial score (nSPS) is 14.6. The minimum absolute atomic E-state index is 0.123. The summed E-state index contributed by atoms with van der Waals surface area (Å²) in [6, 6.07) is 0. The Labute approximate surface area is 51.4 Å². The van der Waals surface area contributed by atoms with Crippen molar-refractivity contribution in [1.29, 1.82) is 0 Å². The lowest BCUT2D eigenvalue weighted by atomic mass is 10.6. The summed E-state index contributed by atoms with van der Waals surface area (Å²) in [4.78, 5) is 14.1. The molecule has 0 bridgehead atoms. The minimum Gasteiger partial charge on any atom is -0.461 e. The van der Waals surface area contributed by atoms with E-state index in [9.17, 15) is 4.79 Å². The first-order valence-electron chi connectivity index (χ1n) is 2.28. The van der Waals surface area contributed by atoms with E-state index in [1.165, 1.54) is 13.4 Å². The molecule has 0 spiro atoms. The van der Waals surface area contributed by atoms with Crippen LogP contribution in [0.15, 0.2) is 4.99 Å². The molecule has 9 heavy (non-hydrogen) atoms. The zero-order valence-corrected chi connectivity index (χ0v) is 4.79. The summed E-state index contributed by atoms with van der Waals surface area (Å²) in [5.41, 5.74) is 2.35. The third-order valence-electron chi connectivity index (χ3n) is 0.794. The van der Waals surface area contributed by atoms with Crippen molar-refractivity contribution in [2.75, 3.05) is 7.11 Å². The van der Waals surface area contributed by atoms with Crippen molar-refractivity contribution in [3.05, 3.63) is 0 Å². The predicted molar refractivity (Wildman–Crippen MR) is 30.8 cm³/mol. The molecule has 0 aromatic rings. The van der Waals surface area contributed by atoms with E-state index in [1.54, 1.807) is 0 Å². The van der Waals surface area contributed by atoms with Gasteiger partial charge in [0, 0.05) is 0 Å². The number of esters is 1. The number of ether oxygens (including phenoxy) is 1. The summed E-state index contributed by atoms with van der Waals surface area (Å²) in [6.07, 6.45) is 1.24. The first-order valence-corrected chi connectivity index (χ1v) is 2.28. The molecule has 0 aliphatic carbocycles. The number of nitrogens with zero attached hydrogens (tertiary/aromatic N) is 2. The number of hydrogen-bond acceptors (Lipinski definition) is 5. The van der Waals surface area contributed by atoms with Crippen LogP contribution in [0, 0.1) is 0 Å². The molecule has 0 saturated heterocycles. The molecule has 0 aromatic heterocycles. The lowest BCUT2D eigenvalue weighted by Crippen LogP contribution is -2.29. The van der Waals surface area contributed by atoms with Crippen molar-refractivity contribution in [3.63, 3.8) is 0 Å². The molecule has 0 aromatic carbocycles. The molecule has 0 unspecified atom stereocenters. The Morgan fingerprint density at radius 1 is 2.00 bits per heavy atom. The van der Waals surface area contributed by atoms with Crippen LogP contribution in [0.3, 0.4) is 0 Å². The third-order valence-corrected chi connectivity index (χ3v) is 0.794. The molecule has 0 atom stereocenters. The Balaban J connectivity index is 2.55. The summed E-state index contributed by atoms with van der Waals surface area (Å²) < 4.78 is 4.32. The molecule has 1 aliphatic heterocycles. The van der Waals surface area contributed by atoms with Gasteiger partial charge in [-0.3, -0.25) is 0 Å². The van der Waals surface area contributed by atoms with Gasteiger partial charge in [0.25, 0.3) is 0 Å². The molecule has 47 valence electrons. The second-order valence-corrected chi connectivity index (χ2v) is 1.33. The van der Waals surface area contributed by atoms with Crippen LogP contribution in [-0.4, -0.2) is 25.3 Å². The van der Waals surface area contributed by atoms with Crippen LogP contribution in [0.2, 0.25) is 0 Å². The quantitative estimate of drug-likeness (QED) is 0.433. The lowest BCUT2D eigenvalue weighted by molar-refractivity contribution is -0.132. The summed E-state index contributed by atoms with van der Waals surface area (Å²) in [7, 11) is 1.28. The van der Waals surface area contributed by atoms with Gasteiger partial charge in [-0.2, -0.15) is 0 Å². The number of methoxy groups -OCH3 is 1. The Morgan fingerprint density at radius 3 is 3.22 bits per heavy atom. The minimum atomic E-state index is -0.507. The van der Waals surface area contributed by atoms with Crippen molar-refractivity contribution < 1.29 is 9.53 Å². The number of carbonyl (C=O) groups excluding carboxylic acids is 1. The van der Waals surface area contributed by atoms with E-state index < -0.39 is 5.97 Å². The van der Waals surface area contributed by atoms with Gasteiger partial charge in [0.15, 0.2) is 0 Å². The second-order valence-electron chi connectivity index (χ2n) is 1.33. The maximum absolute atomic E-state index is 10.5. The van der Waals surface area contributed by atoms with E-state index in [-0.39, 0.29) is 5.84 Å². The van der Waals surface area contributed by atoms with E-state index in [4.69, 9.17) is 0 Å². The molecule has 1 N–H and O–H groups in total. The topological polar surface area (TPSA) is 64.8 Å². The van der Waals surface area contributed by atoms with E-state index >= 15 is 0 Å². The number of hydrazone groups is 1. The first-order chi connectivity index (χ1) is 4.34. The van der Waals surface area contributed by atoms with Crippen LogP contribution in [-0.2, 0) is 9.53 Å². The van der Waals surface area contributed by atoms with Gasteiger partial charge in [0.1, 0.15) is 0 Å². The van der Waals surface area contributed by atoms with Crippen LogP contribution in [0.5, 0.6) is 0 Å². The Morgan fingerprint density at radius 2 is 2.78 bits per heavy atom. The van der Waals surface area contributed by atoms with Crippen molar-refractivity contribution in [2.24, 2.45) is 4.99 Å². The summed E-state index contributed by atoms with van der Waals surface area (Å²) in [5, 5.41) is 3.45. The van der Waals surface area contributed by atoms with Crippen LogP contribution < -0.4 is 10.5 Å². The Kier molecular flexibility index (Phi) is 1.44. The number of aliphatic imine (C=N–C) groups is 1. The standard InChI is InChI=1S/C4H5N3O2/c1-9-4(8)3-5-2-6-7-3/h2H,1H3,(H,5,7)/q+1. The summed E-state index contributed by atoms with van der Waals surface area (Å²) in [5.74, 6) is -0.384. The van der Waals surface area contributed by atoms with Crippen molar-refractivity contribution in [2.45, 2.75) is 0 Å². The fourth-order valence-electron chi connectivity index (χ4n) is 0.401. The van der Waals surface area contributed by atoms with E-state index in [0.717, 1.165) is 0 Å². The van der Waals surface area contributed by atoms with Crippen molar-refractivity contribution >= 4 is 18.1 Å².